The number of carbonyl (C=O) groups excluding carboxylic acids is 1. The molecule has 0 saturated carbocycles. The summed E-state index contributed by atoms with van der Waals surface area (Å²) in [5.41, 5.74) is 5.87. The van der Waals surface area contributed by atoms with E-state index in [9.17, 15) is 9.18 Å². The molecule has 1 amide bonds. The first kappa shape index (κ1) is 12.6. The fourth-order valence-electron chi connectivity index (χ4n) is 1.18. The van der Waals surface area contributed by atoms with Gasteiger partial charge in [-0.25, -0.2) is 4.39 Å². The summed E-state index contributed by atoms with van der Waals surface area (Å²) in [5.74, 6) is -0.694. The zero-order valence-electron chi connectivity index (χ0n) is 9.75. The first-order chi connectivity index (χ1) is 7.30. The third-order valence-corrected chi connectivity index (χ3v) is 2.31. The van der Waals surface area contributed by atoms with Gasteiger partial charge >= 0.3 is 0 Å². The largest absolute Gasteiger partial charge is 0.325 e. The van der Waals surface area contributed by atoms with Gasteiger partial charge in [0.1, 0.15) is 5.82 Å². The number of hydrogen-bond acceptors (Lipinski definition) is 2. The SMILES string of the molecule is CC(C)(C)C(N)C(=O)Nc1cccc(F)c1. The maximum Gasteiger partial charge on any atom is 0.241 e. The molecular formula is C12H17FN2O. The Labute approximate surface area is 94.8 Å². The van der Waals surface area contributed by atoms with E-state index in [1.165, 1.54) is 18.2 Å². The number of halogens is 1. The lowest BCUT2D eigenvalue weighted by Gasteiger charge is -2.25. The number of rotatable bonds is 2. The standard InChI is InChI=1S/C12H17FN2O/c1-12(2,3)10(14)11(16)15-9-6-4-5-8(13)7-9/h4-7,10H,14H2,1-3H3,(H,15,16). The van der Waals surface area contributed by atoms with E-state index in [4.69, 9.17) is 5.73 Å². The average molecular weight is 224 g/mol. The first-order valence-corrected chi connectivity index (χ1v) is 5.13. The van der Waals surface area contributed by atoms with Crippen molar-refractivity contribution in [3.8, 4) is 0 Å². The molecule has 0 bridgehead atoms. The van der Waals surface area contributed by atoms with Gasteiger partial charge < -0.3 is 11.1 Å². The van der Waals surface area contributed by atoms with E-state index in [-0.39, 0.29) is 17.1 Å². The van der Waals surface area contributed by atoms with Gasteiger partial charge in [0.15, 0.2) is 0 Å². The van der Waals surface area contributed by atoms with Crippen molar-refractivity contribution < 1.29 is 9.18 Å². The molecule has 0 heterocycles. The smallest absolute Gasteiger partial charge is 0.241 e. The van der Waals surface area contributed by atoms with E-state index < -0.39 is 6.04 Å². The molecule has 0 radical (unpaired) electrons. The van der Waals surface area contributed by atoms with Crippen molar-refractivity contribution in [3.05, 3.63) is 30.1 Å². The van der Waals surface area contributed by atoms with Crippen LogP contribution in [0.3, 0.4) is 0 Å². The van der Waals surface area contributed by atoms with Crippen molar-refractivity contribution in [2.75, 3.05) is 5.32 Å². The van der Waals surface area contributed by atoms with E-state index in [1.807, 2.05) is 20.8 Å². The number of carbonyl (C=O) groups is 1. The molecule has 0 spiro atoms. The molecule has 0 aromatic heterocycles. The van der Waals surface area contributed by atoms with Crippen LogP contribution in [0.2, 0.25) is 0 Å². The normalized spacial score (nSPS) is 13.3. The van der Waals surface area contributed by atoms with Gasteiger partial charge in [-0.2, -0.15) is 0 Å². The summed E-state index contributed by atoms with van der Waals surface area (Å²) in [6.07, 6.45) is 0. The topological polar surface area (TPSA) is 55.1 Å². The van der Waals surface area contributed by atoms with E-state index in [0.29, 0.717) is 5.69 Å². The lowest BCUT2D eigenvalue weighted by Crippen LogP contribution is -2.45. The Hall–Kier alpha value is -1.42. The first-order valence-electron chi connectivity index (χ1n) is 5.13. The molecule has 0 saturated heterocycles. The van der Waals surface area contributed by atoms with Gasteiger partial charge in [-0.15, -0.1) is 0 Å². The molecule has 0 aliphatic carbocycles. The molecule has 1 atom stereocenters. The second-order valence-corrected chi connectivity index (χ2v) is 4.84. The van der Waals surface area contributed by atoms with Crippen LogP contribution in [0.1, 0.15) is 20.8 Å². The highest BCUT2D eigenvalue weighted by Crippen LogP contribution is 2.19. The van der Waals surface area contributed by atoms with Crippen LogP contribution in [0.4, 0.5) is 10.1 Å². The summed E-state index contributed by atoms with van der Waals surface area (Å²) < 4.78 is 12.9. The number of amides is 1. The van der Waals surface area contributed by atoms with E-state index >= 15 is 0 Å². The van der Waals surface area contributed by atoms with Gasteiger partial charge in [0.2, 0.25) is 5.91 Å². The maximum atomic E-state index is 12.9. The van der Waals surface area contributed by atoms with Crippen molar-refractivity contribution in [3.63, 3.8) is 0 Å². The fraction of sp³-hybridized carbons (Fsp3) is 0.417. The molecule has 0 fully saturated rings. The van der Waals surface area contributed by atoms with E-state index in [2.05, 4.69) is 5.32 Å². The summed E-state index contributed by atoms with van der Waals surface area (Å²) >= 11 is 0. The highest BCUT2D eigenvalue weighted by Gasteiger charge is 2.27. The van der Waals surface area contributed by atoms with E-state index in [1.54, 1.807) is 6.07 Å². The summed E-state index contributed by atoms with van der Waals surface area (Å²) in [4.78, 5) is 11.7. The minimum absolute atomic E-state index is 0.307. The summed E-state index contributed by atoms with van der Waals surface area (Å²) in [7, 11) is 0. The van der Waals surface area contributed by atoms with Crippen molar-refractivity contribution in [1.82, 2.24) is 0 Å². The van der Waals surface area contributed by atoms with Crippen LogP contribution in [0.5, 0.6) is 0 Å². The molecule has 1 aromatic rings. The fourth-order valence-corrected chi connectivity index (χ4v) is 1.18. The molecule has 4 heteroatoms. The predicted octanol–water partition coefficient (Wildman–Crippen LogP) is 2.14. The minimum Gasteiger partial charge on any atom is -0.325 e. The monoisotopic (exact) mass is 224 g/mol. The number of benzene rings is 1. The third kappa shape index (κ3) is 3.31. The molecule has 88 valence electrons. The molecule has 0 aliphatic rings. The van der Waals surface area contributed by atoms with Crippen molar-refractivity contribution in [1.29, 1.82) is 0 Å². The molecule has 1 unspecified atom stereocenters. The highest BCUT2D eigenvalue weighted by molar-refractivity contribution is 5.95. The molecule has 3 nitrogen and oxygen atoms in total. The van der Waals surface area contributed by atoms with Crippen molar-refractivity contribution >= 4 is 11.6 Å². The average Bonchev–Trinajstić information content (AvgIpc) is 2.15. The summed E-state index contributed by atoms with van der Waals surface area (Å²) in [6.45, 7) is 5.63. The maximum absolute atomic E-state index is 12.9. The third-order valence-electron chi connectivity index (χ3n) is 2.31. The Kier molecular flexibility index (Phi) is 3.65. The second kappa shape index (κ2) is 4.61. The zero-order valence-corrected chi connectivity index (χ0v) is 9.75. The highest BCUT2D eigenvalue weighted by atomic mass is 19.1. The van der Waals surface area contributed by atoms with Crippen LogP contribution >= 0.6 is 0 Å². The quantitative estimate of drug-likeness (QED) is 0.808. The predicted molar refractivity (Wildman–Crippen MR) is 62.5 cm³/mol. The van der Waals surface area contributed by atoms with Crippen LogP contribution < -0.4 is 11.1 Å². The van der Waals surface area contributed by atoms with E-state index in [0.717, 1.165) is 0 Å². The summed E-state index contributed by atoms with van der Waals surface area (Å²) in [5, 5.41) is 2.59. The number of hydrogen-bond donors (Lipinski definition) is 2. The van der Waals surface area contributed by atoms with Gasteiger partial charge in [-0.3, -0.25) is 4.79 Å². The summed E-state index contributed by atoms with van der Waals surface area (Å²) in [6, 6.07) is 5.10. The van der Waals surface area contributed by atoms with Crippen LogP contribution in [0.25, 0.3) is 0 Å². The molecule has 1 aromatic carbocycles. The van der Waals surface area contributed by atoms with Gasteiger partial charge in [0.25, 0.3) is 0 Å². The Bertz CT molecular complexity index is 385. The molecule has 1 rings (SSSR count). The van der Waals surface area contributed by atoms with Crippen LogP contribution in [-0.2, 0) is 4.79 Å². The number of anilines is 1. The minimum atomic E-state index is -0.629. The molecular weight excluding hydrogens is 207 g/mol. The Morgan fingerprint density at radius 2 is 2.06 bits per heavy atom. The van der Waals surface area contributed by atoms with Crippen LogP contribution in [0, 0.1) is 11.2 Å². The van der Waals surface area contributed by atoms with Gasteiger partial charge in [0, 0.05) is 5.69 Å². The van der Waals surface area contributed by atoms with Crippen molar-refractivity contribution in [2.45, 2.75) is 26.8 Å². The number of nitrogens with one attached hydrogen (secondary N) is 1. The van der Waals surface area contributed by atoms with Gasteiger partial charge in [0.05, 0.1) is 6.04 Å². The Balaban J connectivity index is 2.72. The zero-order chi connectivity index (χ0) is 12.3. The molecule has 0 aliphatic heterocycles. The second-order valence-electron chi connectivity index (χ2n) is 4.84. The number of nitrogens with two attached hydrogens (primary N) is 1. The lowest BCUT2D eigenvalue weighted by molar-refractivity contribution is -0.119. The van der Waals surface area contributed by atoms with Crippen LogP contribution in [0.15, 0.2) is 24.3 Å². The lowest BCUT2D eigenvalue weighted by atomic mass is 9.87. The van der Waals surface area contributed by atoms with Gasteiger partial charge in [-0.1, -0.05) is 26.8 Å². The van der Waals surface area contributed by atoms with Gasteiger partial charge in [-0.05, 0) is 23.6 Å². The Morgan fingerprint density at radius 1 is 1.44 bits per heavy atom. The Morgan fingerprint density at radius 3 is 2.56 bits per heavy atom. The van der Waals surface area contributed by atoms with Crippen molar-refractivity contribution in [2.24, 2.45) is 11.1 Å². The molecule has 3 N–H and O–H groups in total. The van der Waals surface area contributed by atoms with Crippen LogP contribution in [-0.4, -0.2) is 11.9 Å². The molecule has 16 heavy (non-hydrogen) atoms.